The number of hydrogen-bond acceptors (Lipinski definition) is 4. The molecule has 0 aliphatic carbocycles. The van der Waals surface area contributed by atoms with Crippen molar-refractivity contribution in [3.8, 4) is 44.8 Å². The Bertz CT molecular complexity index is 2110. The van der Waals surface area contributed by atoms with Crippen molar-refractivity contribution in [2.24, 2.45) is 0 Å². The highest BCUT2D eigenvalue weighted by Crippen LogP contribution is 2.35. The maximum atomic E-state index is 15.4. The van der Waals surface area contributed by atoms with Crippen LogP contribution in [0.1, 0.15) is 22.3 Å². The molecule has 236 valence electrons. The summed E-state index contributed by atoms with van der Waals surface area (Å²) in [6.07, 6.45) is 3.27. The van der Waals surface area contributed by atoms with E-state index in [4.69, 9.17) is 0 Å². The molecular weight excluding hydrogens is 746 g/mol. The molecule has 2 aromatic heterocycles. The van der Waals surface area contributed by atoms with Crippen molar-refractivity contribution in [3.63, 3.8) is 0 Å². The second kappa shape index (κ2) is 13.6. The lowest BCUT2D eigenvalue weighted by atomic mass is 9.97. The Morgan fingerprint density at radius 3 is 1.36 bits per heavy atom. The third kappa shape index (κ3) is 7.27. The molecule has 0 radical (unpaired) electrons. The second-order valence-electron chi connectivity index (χ2n) is 11.4. The molecule has 6 aromatic rings. The van der Waals surface area contributed by atoms with Gasteiger partial charge in [0.2, 0.25) is 0 Å². The average molecular weight is 775 g/mol. The van der Waals surface area contributed by atoms with E-state index in [2.05, 4.69) is 41.8 Å². The molecule has 0 atom stereocenters. The molecule has 0 aliphatic rings. The molecule has 9 heteroatoms. The molecule has 0 saturated carbocycles. The van der Waals surface area contributed by atoms with Crippen LogP contribution in [0.5, 0.6) is 0 Å². The standard InChI is InChI=1S/C38H28Br2F2N2O2S/c1-23-17-25(11-13-33(23)39)31-5-3-15-43-37(31)27-7-9-29(35(41)19-27)21-47(45,46)22-30-10-8-28(20-36(30)42)38-32(6-4-16-44-38)26-12-14-34(40)24(2)18-26/h3-20H,21-22H2,1-2H3. The zero-order valence-corrected chi connectivity index (χ0v) is 29.4. The predicted molar refractivity (Wildman–Crippen MR) is 191 cm³/mol. The van der Waals surface area contributed by atoms with Crippen LogP contribution in [0.3, 0.4) is 0 Å². The normalized spacial score (nSPS) is 11.5. The van der Waals surface area contributed by atoms with Gasteiger partial charge in [-0.25, -0.2) is 17.2 Å². The average Bonchev–Trinajstić information content (AvgIpc) is 3.05. The van der Waals surface area contributed by atoms with Gasteiger partial charge in [0.15, 0.2) is 9.84 Å². The van der Waals surface area contributed by atoms with Crippen LogP contribution in [0.15, 0.2) is 118 Å². The van der Waals surface area contributed by atoms with Gasteiger partial charge in [-0.2, -0.15) is 0 Å². The van der Waals surface area contributed by atoms with E-state index < -0.39 is 33.0 Å². The third-order valence-corrected chi connectivity index (χ3v) is 11.2. The molecule has 0 unspecified atom stereocenters. The molecule has 0 spiro atoms. The van der Waals surface area contributed by atoms with Gasteiger partial charge in [0, 0.05) is 54.7 Å². The van der Waals surface area contributed by atoms with E-state index in [1.807, 2.05) is 74.5 Å². The van der Waals surface area contributed by atoms with Crippen LogP contribution in [-0.4, -0.2) is 18.4 Å². The minimum Gasteiger partial charge on any atom is -0.256 e. The van der Waals surface area contributed by atoms with Gasteiger partial charge in [0.25, 0.3) is 0 Å². The summed E-state index contributed by atoms with van der Waals surface area (Å²) >= 11 is 7.04. The quantitative estimate of drug-likeness (QED) is 0.155. The number of aryl methyl sites for hydroxylation is 2. The Kier molecular flexibility index (Phi) is 9.50. The molecule has 0 aliphatic heterocycles. The van der Waals surface area contributed by atoms with E-state index >= 15 is 8.78 Å². The monoisotopic (exact) mass is 772 g/mol. The van der Waals surface area contributed by atoms with Crippen LogP contribution < -0.4 is 0 Å². The molecule has 47 heavy (non-hydrogen) atoms. The maximum Gasteiger partial charge on any atom is 0.158 e. The number of halogens is 4. The van der Waals surface area contributed by atoms with Crippen LogP contribution >= 0.6 is 31.9 Å². The lowest BCUT2D eigenvalue weighted by Gasteiger charge is -2.13. The predicted octanol–water partition coefficient (Wildman–Crippen LogP) is 10.7. The number of pyridine rings is 2. The van der Waals surface area contributed by atoms with Crippen LogP contribution in [0.2, 0.25) is 0 Å². The number of aromatic nitrogens is 2. The Hall–Kier alpha value is -4.05. The van der Waals surface area contributed by atoms with E-state index in [-0.39, 0.29) is 11.1 Å². The first kappa shape index (κ1) is 32.9. The van der Waals surface area contributed by atoms with Crippen LogP contribution in [0.25, 0.3) is 44.8 Å². The van der Waals surface area contributed by atoms with E-state index in [9.17, 15) is 8.42 Å². The molecule has 6 rings (SSSR count). The maximum absolute atomic E-state index is 15.4. The van der Waals surface area contributed by atoms with Crippen molar-refractivity contribution in [3.05, 3.63) is 152 Å². The largest absolute Gasteiger partial charge is 0.256 e. The number of sulfone groups is 1. The minimum atomic E-state index is -3.93. The molecule has 0 bridgehead atoms. The Labute approximate surface area is 289 Å². The highest BCUT2D eigenvalue weighted by molar-refractivity contribution is 9.10. The Morgan fingerprint density at radius 2 is 0.979 bits per heavy atom. The zero-order chi connectivity index (χ0) is 33.3. The lowest BCUT2D eigenvalue weighted by molar-refractivity contribution is 0.581. The fourth-order valence-corrected chi connectivity index (χ4v) is 7.52. The number of nitrogens with zero attached hydrogens (tertiary/aromatic N) is 2. The van der Waals surface area contributed by atoms with E-state index in [0.29, 0.717) is 22.5 Å². The Balaban J connectivity index is 1.23. The minimum absolute atomic E-state index is 0.00524. The number of rotatable bonds is 8. The molecule has 0 N–H and O–H groups in total. The highest BCUT2D eigenvalue weighted by Gasteiger charge is 2.21. The summed E-state index contributed by atoms with van der Waals surface area (Å²) in [4.78, 5) is 9.00. The third-order valence-electron chi connectivity index (χ3n) is 7.96. The first-order valence-corrected chi connectivity index (χ1v) is 18.1. The number of benzene rings is 4. The smallest absolute Gasteiger partial charge is 0.158 e. The van der Waals surface area contributed by atoms with Crippen molar-refractivity contribution in [2.75, 3.05) is 0 Å². The van der Waals surface area contributed by atoms with Gasteiger partial charge in [-0.15, -0.1) is 0 Å². The summed E-state index contributed by atoms with van der Waals surface area (Å²) in [7, 11) is -3.93. The van der Waals surface area contributed by atoms with Gasteiger partial charge in [0.05, 0.1) is 22.9 Å². The molecule has 4 nitrogen and oxygen atoms in total. The van der Waals surface area contributed by atoms with Crippen molar-refractivity contribution in [1.29, 1.82) is 0 Å². The lowest BCUT2D eigenvalue weighted by Crippen LogP contribution is -2.10. The summed E-state index contributed by atoms with van der Waals surface area (Å²) in [6, 6.07) is 28.2. The fourth-order valence-electron chi connectivity index (χ4n) is 5.51. The van der Waals surface area contributed by atoms with Gasteiger partial charge in [-0.3, -0.25) is 9.97 Å². The van der Waals surface area contributed by atoms with Crippen molar-refractivity contribution in [1.82, 2.24) is 9.97 Å². The first-order chi connectivity index (χ1) is 22.5. The van der Waals surface area contributed by atoms with Gasteiger partial charge >= 0.3 is 0 Å². The van der Waals surface area contributed by atoms with E-state index in [1.165, 1.54) is 24.3 Å². The molecule has 0 saturated heterocycles. The van der Waals surface area contributed by atoms with Crippen molar-refractivity contribution < 1.29 is 17.2 Å². The summed E-state index contributed by atoms with van der Waals surface area (Å²) in [5, 5.41) is 0. The zero-order valence-electron chi connectivity index (χ0n) is 25.4. The van der Waals surface area contributed by atoms with Gasteiger partial charge in [-0.1, -0.05) is 92.5 Å². The fraction of sp³-hybridized carbons (Fsp3) is 0.105. The van der Waals surface area contributed by atoms with Crippen LogP contribution in [0.4, 0.5) is 8.78 Å². The molecule has 0 fully saturated rings. The summed E-state index contributed by atoms with van der Waals surface area (Å²) in [5.41, 5.74) is 7.82. The van der Waals surface area contributed by atoms with Crippen molar-refractivity contribution in [2.45, 2.75) is 25.4 Å². The van der Waals surface area contributed by atoms with E-state index in [1.54, 1.807) is 24.5 Å². The van der Waals surface area contributed by atoms with Gasteiger partial charge < -0.3 is 0 Å². The van der Waals surface area contributed by atoms with Gasteiger partial charge in [0.1, 0.15) is 11.6 Å². The van der Waals surface area contributed by atoms with Crippen LogP contribution in [0, 0.1) is 25.5 Å². The SMILES string of the molecule is Cc1cc(-c2cccnc2-c2ccc(CS(=O)(=O)Cc3ccc(-c4ncccc4-c4ccc(Br)c(C)c4)cc3F)c(F)c2)ccc1Br. The first-order valence-electron chi connectivity index (χ1n) is 14.7. The van der Waals surface area contributed by atoms with Crippen LogP contribution in [-0.2, 0) is 21.3 Å². The summed E-state index contributed by atoms with van der Waals surface area (Å²) in [5.74, 6) is -2.49. The summed E-state index contributed by atoms with van der Waals surface area (Å²) in [6.45, 7) is 3.97. The number of hydrogen-bond donors (Lipinski definition) is 0. The topological polar surface area (TPSA) is 59.9 Å². The molecule has 0 amide bonds. The molecule has 2 heterocycles. The van der Waals surface area contributed by atoms with E-state index in [0.717, 1.165) is 42.3 Å². The molecular formula is C38H28Br2F2N2O2S. The molecule has 4 aromatic carbocycles. The summed E-state index contributed by atoms with van der Waals surface area (Å²) < 4.78 is 59.2. The van der Waals surface area contributed by atoms with Gasteiger partial charge in [-0.05, 0) is 72.5 Å². The Morgan fingerprint density at radius 1 is 0.574 bits per heavy atom. The van der Waals surface area contributed by atoms with Crippen molar-refractivity contribution >= 4 is 41.7 Å². The highest BCUT2D eigenvalue weighted by atomic mass is 79.9. The second-order valence-corrected chi connectivity index (χ2v) is 15.1.